The molecule has 1 atom stereocenters. The van der Waals surface area contributed by atoms with Crippen molar-refractivity contribution >= 4 is 22.9 Å². The van der Waals surface area contributed by atoms with E-state index in [1.165, 1.54) is 5.56 Å². The predicted octanol–water partition coefficient (Wildman–Crippen LogP) is 2.15. The SMILES string of the molecule is CC(CNc1nc(N)nc2nc[nH]c12)c1ccccc1. The Morgan fingerprint density at radius 1 is 1.25 bits per heavy atom. The van der Waals surface area contributed by atoms with Crippen LogP contribution in [0.4, 0.5) is 11.8 Å². The van der Waals surface area contributed by atoms with E-state index in [2.05, 4.69) is 44.3 Å². The molecule has 6 heteroatoms. The van der Waals surface area contributed by atoms with Crippen LogP contribution in [0.15, 0.2) is 36.7 Å². The number of aromatic nitrogens is 4. The molecule has 0 fully saturated rings. The predicted molar refractivity (Wildman–Crippen MR) is 79.4 cm³/mol. The summed E-state index contributed by atoms with van der Waals surface area (Å²) in [6, 6.07) is 10.3. The van der Waals surface area contributed by atoms with Crippen molar-refractivity contribution in [3.63, 3.8) is 0 Å². The van der Waals surface area contributed by atoms with Crippen molar-refractivity contribution in [1.82, 2.24) is 19.9 Å². The average molecular weight is 268 g/mol. The molecule has 6 nitrogen and oxygen atoms in total. The largest absolute Gasteiger partial charge is 0.368 e. The van der Waals surface area contributed by atoms with Gasteiger partial charge in [-0.1, -0.05) is 37.3 Å². The van der Waals surface area contributed by atoms with E-state index in [0.717, 1.165) is 12.1 Å². The summed E-state index contributed by atoms with van der Waals surface area (Å²) in [5.74, 6) is 1.28. The summed E-state index contributed by atoms with van der Waals surface area (Å²) in [4.78, 5) is 15.4. The van der Waals surface area contributed by atoms with Crippen molar-refractivity contribution in [3.8, 4) is 0 Å². The fourth-order valence-corrected chi connectivity index (χ4v) is 2.13. The summed E-state index contributed by atoms with van der Waals surface area (Å²) in [5.41, 5.74) is 8.32. The van der Waals surface area contributed by atoms with Crippen LogP contribution < -0.4 is 11.1 Å². The molecule has 0 amide bonds. The maximum absolute atomic E-state index is 5.69. The summed E-state index contributed by atoms with van der Waals surface area (Å²) in [6.07, 6.45) is 1.59. The van der Waals surface area contributed by atoms with Gasteiger partial charge in [0.15, 0.2) is 11.5 Å². The highest BCUT2D eigenvalue weighted by molar-refractivity contribution is 5.83. The van der Waals surface area contributed by atoms with Crippen LogP contribution in [0.3, 0.4) is 0 Å². The number of hydrogen-bond donors (Lipinski definition) is 3. The number of aromatic amines is 1. The first-order valence-corrected chi connectivity index (χ1v) is 6.49. The van der Waals surface area contributed by atoms with Crippen LogP contribution in [0.2, 0.25) is 0 Å². The molecule has 0 radical (unpaired) electrons. The summed E-state index contributed by atoms with van der Waals surface area (Å²) in [7, 11) is 0. The molecule has 0 aliphatic heterocycles. The Bertz CT molecular complexity index is 706. The maximum atomic E-state index is 5.69. The summed E-state index contributed by atoms with van der Waals surface area (Å²) >= 11 is 0. The van der Waals surface area contributed by atoms with Crippen LogP contribution in [-0.4, -0.2) is 26.5 Å². The van der Waals surface area contributed by atoms with Crippen molar-refractivity contribution in [3.05, 3.63) is 42.2 Å². The number of hydrogen-bond acceptors (Lipinski definition) is 5. The van der Waals surface area contributed by atoms with Gasteiger partial charge in [0.25, 0.3) is 0 Å². The number of nitrogen functional groups attached to an aromatic ring is 1. The zero-order chi connectivity index (χ0) is 13.9. The first-order valence-electron chi connectivity index (χ1n) is 6.49. The van der Waals surface area contributed by atoms with Crippen molar-refractivity contribution < 1.29 is 0 Å². The quantitative estimate of drug-likeness (QED) is 0.674. The Balaban J connectivity index is 1.78. The van der Waals surface area contributed by atoms with E-state index in [4.69, 9.17) is 5.73 Å². The fourth-order valence-electron chi connectivity index (χ4n) is 2.13. The summed E-state index contributed by atoms with van der Waals surface area (Å²) in [5, 5.41) is 3.31. The molecule has 3 rings (SSSR count). The molecule has 0 saturated heterocycles. The van der Waals surface area contributed by atoms with Gasteiger partial charge in [0.05, 0.1) is 6.33 Å². The number of anilines is 2. The van der Waals surface area contributed by atoms with Gasteiger partial charge >= 0.3 is 0 Å². The number of rotatable bonds is 4. The van der Waals surface area contributed by atoms with Crippen LogP contribution in [0, 0.1) is 0 Å². The molecule has 2 heterocycles. The normalized spacial score (nSPS) is 12.4. The number of nitrogens with two attached hydrogens (primary N) is 1. The Labute approximate surface area is 116 Å². The number of imidazole rings is 1. The zero-order valence-corrected chi connectivity index (χ0v) is 11.2. The number of nitrogens with zero attached hydrogens (tertiary/aromatic N) is 3. The molecular weight excluding hydrogens is 252 g/mol. The minimum Gasteiger partial charge on any atom is -0.368 e. The lowest BCUT2D eigenvalue weighted by molar-refractivity contribution is 0.802. The number of benzene rings is 1. The second-order valence-electron chi connectivity index (χ2n) is 4.72. The summed E-state index contributed by atoms with van der Waals surface area (Å²) < 4.78 is 0. The van der Waals surface area contributed by atoms with E-state index in [1.54, 1.807) is 6.33 Å². The Morgan fingerprint density at radius 3 is 2.85 bits per heavy atom. The highest BCUT2D eigenvalue weighted by Crippen LogP contribution is 2.20. The average Bonchev–Trinajstić information content (AvgIpc) is 2.93. The van der Waals surface area contributed by atoms with E-state index in [9.17, 15) is 0 Å². The first kappa shape index (κ1) is 12.4. The smallest absolute Gasteiger partial charge is 0.224 e. The third kappa shape index (κ3) is 2.40. The lowest BCUT2D eigenvalue weighted by atomic mass is 10.0. The minimum atomic E-state index is 0.222. The second kappa shape index (κ2) is 5.16. The Hall–Kier alpha value is -2.63. The van der Waals surface area contributed by atoms with Gasteiger partial charge in [0.1, 0.15) is 5.52 Å². The van der Waals surface area contributed by atoms with Gasteiger partial charge in [-0.05, 0) is 11.5 Å². The third-order valence-corrected chi connectivity index (χ3v) is 3.25. The van der Waals surface area contributed by atoms with Crippen molar-refractivity contribution in [2.75, 3.05) is 17.6 Å². The maximum Gasteiger partial charge on any atom is 0.224 e. The van der Waals surface area contributed by atoms with Crippen LogP contribution >= 0.6 is 0 Å². The van der Waals surface area contributed by atoms with Crippen molar-refractivity contribution in [1.29, 1.82) is 0 Å². The van der Waals surface area contributed by atoms with Gasteiger partial charge < -0.3 is 16.0 Å². The van der Waals surface area contributed by atoms with Crippen LogP contribution in [0.5, 0.6) is 0 Å². The van der Waals surface area contributed by atoms with Crippen molar-refractivity contribution in [2.24, 2.45) is 0 Å². The third-order valence-electron chi connectivity index (χ3n) is 3.25. The molecule has 20 heavy (non-hydrogen) atoms. The molecular formula is C14H16N6. The zero-order valence-electron chi connectivity index (χ0n) is 11.2. The minimum absolute atomic E-state index is 0.222. The number of H-pyrrole nitrogens is 1. The summed E-state index contributed by atoms with van der Waals surface area (Å²) in [6.45, 7) is 2.92. The van der Waals surface area contributed by atoms with Crippen molar-refractivity contribution in [2.45, 2.75) is 12.8 Å². The molecule has 0 bridgehead atoms. The van der Waals surface area contributed by atoms with E-state index < -0.39 is 0 Å². The highest BCUT2D eigenvalue weighted by atomic mass is 15.1. The molecule has 0 spiro atoms. The second-order valence-corrected chi connectivity index (χ2v) is 4.72. The first-order chi connectivity index (χ1) is 9.74. The van der Waals surface area contributed by atoms with Gasteiger partial charge in [0.2, 0.25) is 5.95 Å². The molecule has 102 valence electrons. The number of nitrogens with one attached hydrogen (secondary N) is 2. The standard InChI is InChI=1S/C14H16N6/c1-9(10-5-3-2-4-6-10)7-16-12-11-13(18-8-17-11)20-14(15)19-12/h2-6,8-9H,7H2,1H3,(H4,15,16,17,18,19,20). The van der Waals surface area contributed by atoms with E-state index >= 15 is 0 Å². The van der Waals surface area contributed by atoms with E-state index in [1.807, 2.05) is 18.2 Å². The van der Waals surface area contributed by atoms with Crippen LogP contribution in [0.25, 0.3) is 11.2 Å². The molecule has 1 unspecified atom stereocenters. The van der Waals surface area contributed by atoms with Gasteiger partial charge in [-0.2, -0.15) is 9.97 Å². The highest BCUT2D eigenvalue weighted by Gasteiger charge is 2.10. The molecule has 0 aliphatic carbocycles. The van der Waals surface area contributed by atoms with Gasteiger partial charge in [-0.15, -0.1) is 0 Å². The molecule has 2 aromatic heterocycles. The topological polar surface area (TPSA) is 92.5 Å². The molecule has 0 aliphatic rings. The lowest BCUT2D eigenvalue weighted by Gasteiger charge is -2.13. The van der Waals surface area contributed by atoms with Gasteiger partial charge in [-0.25, -0.2) is 4.98 Å². The molecule has 1 aromatic carbocycles. The lowest BCUT2D eigenvalue weighted by Crippen LogP contribution is -2.12. The molecule has 4 N–H and O–H groups in total. The van der Waals surface area contributed by atoms with Crippen LogP contribution in [-0.2, 0) is 0 Å². The molecule has 3 aromatic rings. The Kier molecular flexibility index (Phi) is 3.20. The number of fused-ring (bicyclic) bond motifs is 1. The van der Waals surface area contributed by atoms with E-state index in [-0.39, 0.29) is 5.95 Å². The van der Waals surface area contributed by atoms with Gasteiger partial charge in [0, 0.05) is 6.54 Å². The Morgan fingerprint density at radius 2 is 2.05 bits per heavy atom. The van der Waals surface area contributed by atoms with Gasteiger partial charge in [-0.3, -0.25) is 0 Å². The monoisotopic (exact) mass is 268 g/mol. The molecule has 0 saturated carbocycles. The fraction of sp³-hybridized carbons (Fsp3) is 0.214. The van der Waals surface area contributed by atoms with E-state index in [0.29, 0.717) is 17.4 Å². The van der Waals surface area contributed by atoms with Crippen LogP contribution in [0.1, 0.15) is 18.4 Å².